The summed E-state index contributed by atoms with van der Waals surface area (Å²) in [5.41, 5.74) is 4.48. The van der Waals surface area contributed by atoms with E-state index in [0.29, 0.717) is 0 Å². The summed E-state index contributed by atoms with van der Waals surface area (Å²) >= 11 is 0. The number of para-hydroxylation sites is 2. The monoisotopic (exact) mass is 339 g/mol. The van der Waals surface area contributed by atoms with Crippen molar-refractivity contribution in [1.82, 2.24) is 24.1 Å². The smallest absolute Gasteiger partial charge is 0.0949 e. The quantitative estimate of drug-likeness (QED) is 0.467. The number of benzene rings is 2. The molecule has 0 N–H and O–H groups in total. The van der Waals surface area contributed by atoms with Gasteiger partial charge in [0.25, 0.3) is 0 Å². The van der Waals surface area contributed by atoms with Crippen molar-refractivity contribution in [2.24, 2.45) is 0 Å². The van der Waals surface area contributed by atoms with E-state index in [4.69, 9.17) is 4.98 Å². The van der Waals surface area contributed by atoms with E-state index in [1.807, 2.05) is 25.0 Å². The minimum absolute atomic E-state index is 0.763. The first-order valence-corrected chi connectivity index (χ1v) is 8.58. The number of hydrogen-bond acceptors (Lipinski definition) is 3. The standard InChI is InChI=1S/C21H17N5/c1-3-16-11-17-4-2-6-19(13-26-10-8-23-15-26)21(17)24-20(16)18(5-1)12-25-9-7-22-14-25/h1-11,14-15H,12-13H2. The fourth-order valence-electron chi connectivity index (χ4n) is 3.42. The summed E-state index contributed by atoms with van der Waals surface area (Å²) in [5.74, 6) is 0. The molecule has 5 aromatic rings. The normalized spacial score (nSPS) is 11.4. The summed E-state index contributed by atoms with van der Waals surface area (Å²) in [6.45, 7) is 1.53. The van der Waals surface area contributed by atoms with Crippen molar-refractivity contribution in [2.45, 2.75) is 13.1 Å². The minimum atomic E-state index is 0.763. The molecule has 126 valence electrons. The van der Waals surface area contributed by atoms with Gasteiger partial charge >= 0.3 is 0 Å². The molecule has 3 heterocycles. The molecule has 0 radical (unpaired) electrons. The third-order valence-electron chi connectivity index (χ3n) is 4.66. The molecule has 5 nitrogen and oxygen atoms in total. The second-order valence-corrected chi connectivity index (χ2v) is 6.44. The molecule has 0 unspecified atom stereocenters. The number of hydrogen-bond donors (Lipinski definition) is 0. The number of imidazole rings is 2. The van der Waals surface area contributed by atoms with E-state index < -0.39 is 0 Å². The van der Waals surface area contributed by atoms with Crippen LogP contribution in [0.2, 0.25) is 0 Å². The fraction of sp³-hybridized carbons (Fsp3) is 0.0952. The number of fused-ring (bicyclic) bond motifs is 2. The van der Waals surface area contributed by atoms with Crippen molar-refractivity contribution < 1.29 is 0 Å². The van der Waals surface area contributed by atoms with Crippen molar-refractivity contribution in [3.05, 3.63) is 91.0 Å². The van der Waals surface area contributed by atoms with Gasteiger partial charge in [0.15, 0.2) is 0 Å². The van der Waals surface area contributed by atoms with E-state index in [1.165, 1.54) is 11.1 Å². The highest BCUT2D eigenvalue weighted by molar-refractivity contribution is 5.95. The highest BCUT2D eigenvalue weighted by Gasteiger charge is 2.09. The first-order chi connectivity index (χ1) is 12.9. The molecule has 0 aliphatic heterocycles. The Morgan fingerprint density at radius 2 is 1.23 bits per heavy atom. The summed E-state index contributed by atoms with van der Waals surface area (Å²) in [6, 6.07) is 14.9. The predicted octanol–water partition coefficient (Wildman–Crippen LogP) is 3.88. The first kappa shape index (κ1) is 14.8. The van der Waals surface area contributed by atoms with Gasteiger partial charge in [0.2, 0.25) is 0 Å². The molecule has 26 heavy (non-hydrogen) atoms. The van der Waals surface area contributed by atoms with Crippen LogP contribution in [-0.2, 0) is 13.1 Å². The minimum Gasteiger partial charge on any atom is -0.333 e. The average Bonchev–Trinajstić information content (AvgIpc) is 3.35. The summed E-state index contributed by atoms with van der Waals surface area (Å²) in [6.07, 6.45) is 11.2. The molecule has 2 aromatic carbocycles. The van der Waals surface area contributed by atoms with Gasteiger partial charge in [-0.1, -0.05) is 36.4 Å². The van der Waals surface area contributed by atoms with Crippen LogP contribution in [0.4, 0.5) is 0 Å². The Labute approximate surface area is 150 Å². The third-order valence-corrected chi connectivity index (χ3v) is 4.66. The Morgan fingerprint density at radius 1 is 0.692 bits per heavy atom. The molecule has 3 aromatic heterocycles. The van der Waals surface area contributed by atoms with Crippen LogP contribution in [0.1, 0.15) is 11.1 Å². The molecule has 0 saturated heterocycles. The Bertz CT molecular complexity index is 1080. The summed E-state index contributed by atoms with van der Waals surface area (Å²) in [4.78, 5) is 13.3. The van der Waals surface area contributed by atoms with Crippen molar-refractivity contribution in [2.75, 3.05) is 0 Å². The summed E-state index contributed by atoms with van der Waals surface area (Å²) in [5, 5.41) is 2.32. The molecule has 0 bridgehead atoms. The molecular weight excluding hydrogens is 322 g/mol. The maximum absolute atomic E-state index is 5.07. The fourth-order valence-corrected chi connectivity index (χ4v) is 3.42. The lowest BCUT2D eigenvalue weighted by Crippen LogP contribution is -2.01. The SMILES string of the molecule is c1cc(Cn2ccnc2)c2nc3c(Cn4ccnc4)cccc3cc2c1. The second-order valence-electron chi connectivity index (χ2n) is 6.44. The van der Waals surface area contributed by atoms with Crippen LogP contribution in [0.25, 0.3) is 21.8 Å². The van der Waals surface area contributed by atoms with E-state index >= 15 is 0 Å². The first-order valence-electron chi connectivity index (χ1n) is 8.58. The molecule has 0 aliphatic carbocycles. The van der Waals surface area contributed by atoms with Gasteiger partial charge in [-0.15, -0.1) is 0 Å². The maximum atomic E-state index is 5.07. The highest BCUT2D eigenvalue weighted by Crippen LogP contribution is 2.25. The molecule has 0 atom stereocenters. The predicted molar refractivity (Wildman–Crippen MR) is 102 cm³/mol. The number of aromatic nitrogens is 5. The molecule has 0 amide bonds. The van der Waals surface area contributed by atoms with Gasteiger partial charge in [0.05, 0.1) is 36.8 Å². The van der Waals surface area contributed by atoms with E-state index in [-0.39, 0.29) is 0 Å². The molecular formula is C21H17N5. The van der Waals surface area contributed by atoms with Gasteiger partial charge in [-0.25, -0.2) is 15.0 Å². The van der Waals surface area contributed by atoms with Gasteiger partial charge in [-0.3, -0.25) is 0 Å². The number of nitrogens with zero attached hydrogens (tertiary/aromatic N) is 5. The zero-order chi connectivity index (χ0) is 17.3. The maximum Gasteiger partial charge on any atom is 0.0949 e. The second kappa shape index (κ2) is 6.11. The lowest BCUT2D eigenvalue weighted by molar-refractivity contribution is 0.798. The van der Waals surface area contributed by atoms with E-state index in [1.54, 1.807) is 12.4 Å². The molecule has 0 fully saturated rings. The van der Waals surface area contributed by atoms with E-state index in [0.717, 1.165) is 34.9 Å². The molecule has 0 spiro atoms. The van der Waals surface area contributed by atoms with Crippen molar-refractivity contribution in [1.29, 1.82) is 0 Å². The lowest BCUT2D eigenvalue weighted by Gasteiger charge is -2.11. The molecule has 5 heteroatoms. The van der Waals surface area contributed by atoms with E-state index in [9.17, 15) is 0 Å². The number of pyridine rings is 1. The van der Waals surface area contributed by atoms with E-state index in [2.05, 4.69) is 61.6 Å². The van der Waals surface area contributed by atoms with Crippen LogP contribution in [0.15, 0.2) is 79.9 Å². The zero-order valence-corrected chi connectivity index (χ0v) is 14.2. The third kappa shape index (κ3) is 2.63. The average molecular weight is 339 g/mol. The van der Waals surface area contributed by atoms with Crippen LogP contribution >= 0.6 is 0 Å². The Balaban J connectivity index is 1.67. The highest BCUT2D eigenvalue weighted by atomic mass is 15.0. The molecule has 0 aliphatic rings. The largest absolute Gasteiger partial charge is 0.333 e. The molecule has 0 saturated carbocycles. The van der Waals surface area contributed by atoms with Crippen molar-refractivity contribution in [3.63, 3.8) is 0 Å². The lowest BCUT2D eigenvalue weighted by atomic mass is 10.0. The van der Waals surface area contributed by atoms with Crippen LogP contribution in [0.3, 0.4) is 0 Å². The molecule has 5 rings (SSSR count). The van der Waals surface area contributed by atoms with Crippen LogP contribution in [0, 0.1) is 0 Å². The van der Waals surface area contributed by atoms with Gasteiger partial charge in [0.1, 0.15) is 0 Å². The Morgan fingerprint density at radius 3 is 1.69 bits per heavy atom. The van der Waals surface area contributed by atoms with Crippen LogP contribution < -0.4 is 0 Å². The van der Waals surface area contributed by atoms with Crippen molar-refractivity contribution in [3.8, 4) is 0 Å². The van der Waals surface area contributed by atoms with Gasteiger partial charge < -0.3 is 9.13 Å². The zero-order valence-electron chi connectivity index (χ0n) is 14.2. The van der Waals surface area contributed by atoms with Crippen LogP contribution in [0.5, 0.6) is 0 Å². The summed E-state index contributed by atoms with van der Waals surface area (Å²) < 4.78 is 4.14. The van der Waals surface area contributed by atoms with Gasteiger partial charge in [0, 0.05) is 35.6 Å². The van der Waals surface area contributed by atoms with Gasteiger partial charge in [-0.05, 0) is 17.2 Å². The van der Waals surface area contributed by atoms with Gasteiger partial charge in [-0.2, -0.15) is 0 Å². The Kier molecular flexibility index (Phi) is 3.49. The number of rotatable bonds is 4. The topological polar surface area (TPSA) is 48.5 Å². The van der Waals surface area contributed by atoms with Crippen molar-refractivity contribution >= 4 is 21.8 Å². The summed E-state index contributed by atoms with van der Waals surface area (Å²) in [7, 11) is 0. The van der Waals surface area contributed by atoms with Crippen LogP contribution in [-0.4, -0.2) is 24.1 Å². The Hall–Kier alpha value is -3.47.